The van der Waals surface area contributed by atoms with Gasteiger partial charge in [0.25, 0.3) is 0 Å². The Morgan fingerprint density at radius 2 is 2.08 bits per heavy atom. The maximum Gasteiger partial charge on any atom is 0.127 e. The summed E-state index contributed by atoms with van der Waals surface area (Å²) in [5, 5.41) is 3.49. The monoisotopic (exact) mass is 346 g/mol. The molecule has 1 aromatic carbocycles. The van der Waals surface area contributed by atoms with Crippen LogP contribution in [0.4, 0.5) is 0 Å². The number of fused-ring (bicyclic) bond motifs is 1. The van der Waals surface area contributed by atoms with E-state index in [2.05, 4.69) is 56.6 Å². The van der Waals surface area contributed by atoms with Crippen LogP contribution in [0.15, 0.2) is 36.7 Å². The van der Waals surface area contributed by atoms with E-state index in [1.807, 2.05) is 18.5 Å². The van der Waals surface area contributed by atoms with E-state index in [1.165, 1.54) is 5.52 Å². The van der Waals surface area contributed by atoms with Crippen LogP contribution in [-0.4, -0.2) is 43.6 Å². The van der Waals surface area contributed by atoms with Crippen LogP contribution in [0.5, 0.6) is 0 Å². The van der Waals surface area contributed by atoms with Crippen molar-refractivity contribution in [3.8, 4) is 0 Å². The van der Waals surface area contributed by atoms with E-state index in [9.17, 15) is 0 Å². The molecule has 6 nitrogen and oxygen atoms in total. The number of imidazole rings is 2. The number of piperazine rings is 1. The van der Waals surface area contributed by atoms with Gasteiger partial charge in [-0.05, 0) is 12.1 Å². The van der Waals surface area contributed by atoms with E-state index in [0.29, 0.717) is 0 Å². The second-order valence-electron chi connectivity index (χ2n) is 6.16. The highest BCUT2D eigenvalue weighted by atomic mass is 35.5. The molecule has 128 valence electrons. The van der Waals surface area contributed by atoms with Crippen LogP contribution >= 0.6 is 12.4 Å². The molecule has 2 aromatic heterocycles. The van der Waals surface area contributed by atoms with Gasteiger partial charge >= 0.3 is 0 Å². The summed E-state index contributed by atoms with van der Waals surface area (Å²) in [6.07, 6.45) is 3.88. The average molecular weight is 347 g/mol. The third-order valence-corrected chi connectivity index (χ3v) is 4.74. The zero-order chi connectivity index (χ0) is 15.8. The van der Waals surface area contributed by atoms with Crippen molar-refractivity contribution in [2.24, 2.45) is 14.1 Å². The number of benzene rings is 1. The fourth-order valence-corrected chi connectivity index (χ4v) is 3.41. The summed E-state index contributed by atoms with van der Waals surface area (Å²) in [7, 11) is 4.16. The Hall–Kier alpha value is -1.89. The van der Waals surface area contributed by atoms with Crippen molar-refractivity contribution in [2.75, 3.05) is 19.6 Å². The highest BCUT2D eigenvalue weighted by Crippen LogP contribution is 2.23. The Kier molecular flexibility index (Phi) is 4.89. The number of hydrogen-bond acceptors (Lipinski definition) is 4. The number of aromatic nitrogens is 4. The lowest BCUT2D eigenvalue weighted by Crippen LogP contribution is -2.46. The molecule has 3 aromatic rings. The maximum atomic E-state index is 4.82. The Morgan fingerprint density at radius 1 is 1.25 bits per heavy atom. The minimum Gasteiger partial charge on any atom is -0.337 e. The minimum absolute atomic E-state index is 0. The third kappa shape index (κ3) is 2.92. The lowest BCUT2D eigenvalue weighted by molar-refractivity contribution is 0.140. The van der Waals surface area contributed by atoms with Crippen LogP contribution in [0, 0.1) is 0 Å². The number of nitrogens with one attached hydrogen (secondary N) is 1. The largest absolute Gasteiger partial charge is 0.337 e. The van der Waals surface area contributed by atoms with Gasteiger partial charge in [-0.2, -0.15) is 0 Å². The smallest absolute Gasteiger partial charge is 0.127 e. The quantitative estimate of drug-likeness (QED) is 0.786. The lowest BCUT2D eigenvalue weighted by atomic mass is 10.1. The van der Waals surface area contributed by atoms with Gasteiger partial charge in [-0.25, -0.2) is 9.97 Å². The molecule has 1 saturated heterocycles. The molecule has 0 saturated carbocycles. The first-order valence-corrected chi connectivity index (χ1v) is 8.06. The fourth-order valence-electron chi connectivity index (χ4n) is 3.41. The van der Waals surface area contributed by atoms with Gasteiger partial charge in [-0.3, -0.25) is 4.90 Å². The fraction of sp³-hybridized carbons (Fsp3) is 0.412. The van der Waals surface area contributed by atoms with Crippen LogP contribution < -0.4 is 5.32 Å². The van der Waals surface area contributed by atoms with E-state index < -0.39 is 0 Å². The van der Waals surface area contributed by atoms with Gasteiger partial charge in [-0.15, -0.1) is 12.4 Å². The van der Waals surface area contributed by atoms with E-state index in [4.69, 9.17) is 4.98 Å². The van der Waals surface area contributed by atoms with Gasteiger partial charge in [0.1, 0.15) is 11.6 Å². The van der Waals surface area contributed by atoms with Crippen LogP contribution in [0.3, 0.4) is 0 Å². The maximum absolute atomic E-state index is 4.82. The zero-order valence-electron chi connectivity index (χ0n) is 14.0. The zero-order valence-corrected chi connectivity index (χ0v) is 14.8. The molecule has 7 heteroatoms. The summed E-state index contributed by atoms with van der Waals surface area (Å²) in [5.41, 5.74) is 2.25. The molecule has 1 fully saturated rings. The molecule has 3 heterocycles. The number of rotatable bonds is 3. The first-order valence-electron chi connectivity index (χ1n) is 8.06. The topological polar surface area (TPSA) is 50.9 Å². The summed E-state index contributed by atoms with van der Waals surface area (Å²) in [6, 6.07) is 8.59. The Labute approximate surface area is 147 Å². The van der Waals surface area contributed by atoms with E-state index >= 15 is 0 Å². The molecule has 0 spiro atoms. The Bertz CT molecular complexity index is 823. The van der Waals surface area contributed by atoms with E-state index in [-0.39, 0.29) is 18.4 Å². The molecule has 1 atom stereocenters. The van der Waals surface area contributed by atoms with E-state index in [0.717, 1.165) is 43.3 Å². The van der Waals surface area contributed by atoms with Crippen molar-refractivity contribution in [1.29, 1.82) is 0 Å². The molecule has 1 aliphatic heterocycles. The summed E-state index contributed by atoms with van der Waals surface area (Å²) < 4.78 is 4.31. The van der Waals surface area contributed by atoms with Crippen LogP contribution in [0.25, 0.3) is 11.0 Å². The molecule has 4 rings (SSSR count). The normalized spacial score (nSPS) is 18.7. The van der Waals surface area contributed by atoms with Crippen LogP contribution in [-0.2, 0) is 20.6 Å². The second kappa shape index (κ2) is 6.93. The van der Waals surface area contributed by atoms with Gasteiger partial charge in [0.05, 0.1) is 23.6 Å². The minimum atomic E-state index is 0. The summed E-state index contributed by atoms with van der Waals surface area (Å²) in [4.78, 5) is 11.8. The van der Waals surface area contributed by atoms with Crippen molar-refractivity contribution >= 4 is 23.4 Å². The van der Waals surface area contributed by atoms with Crippen molar-refractivity contribution in [3.05, 3.63) is 48.3 Å². The molecule has 24 heavy (non-hydrogen) atoms. The molecular formula is C17H23ClN6. The summed E-state index contributed by atoms with van der Waals surface area (Å²) in [5.74, 6) is 2.21. The van der Waals surface area contributed by atoms with Crippen molar-refractivity contribution in [2.45, 2.75) is 12.6 Å². The second-order valence-corrected chi connectivity index (χ2v) is 6.16. The number of nitrogens with zero attached hydrogens (tertiary/aromatic N) is 5. The molecule has 0 bridgehead atoms. The molecular weight excluding hydrogens is 324 g/mol. The van der Waals surface area contributed by atoms with Gasteiger partial charge in [0.2, 0.25) is 0 Å². The van der Waals surface area contributed by atoms with Crippen molar-refractivity contribution in [3.63, 3.8) is 0 Å². The number of aryl methyl sites for hydroxylation is 2. The predicted molar refractivity (Wildman–Crippen MR) is 97.2 cm³/mol. The molecule has 1 aliphatic rings. The van der Waals surface area contributed by atoms with E-state index in [1.54, 1.807) is 0 Å². The molecule has 1 N–H and O–H groups in total. The lowest BCUT2D eigenvalue weighted by Gasteiger charge is -2.35. The third-order valence-electron chi connectivity index (χ3n) is 4.74. The average Bonchev–Trinajstić information content (AvgIpc) is 3.13. The van der Waals surface area contributed by atoms with Gasteiger partial charge < -0.3 is 14.5 Å². The van der Waals surface area contributed by atoms with Crippen LogP contribution in [0.1, 0.15) is 17.7 Å². The number of hydrogen-bond donors (Lipinski definition) is 1. The molecule has 1 unspecified atom stereocenters. The Morgan fingerprint density at radius 3 is 2.83 bits per heavy atom. The molecule has 0 aliphatic carbocycles. The highest BCUT2D eigenvalue weighted by Gasteiger charge is 2.27. The Balaban J connectivity index is 0.00000169. The van der Waals surface area contributed by atoms with Crippen LogP contribution in [0.2, 0.25) is 0 Å². The van der Waals surface area contributed by atoms with Gasteiger partial charge in [-0.1, -0.05) is 12.1 Å². The number of para-hydroxylation sites is 2. The summed E-state index contributed by atoms with van der Waals surface area (Å²) >= 11 is 0. The summed E-state index contributed by atoms with van der Waals surface area (Å²) in [6.45, 7) is 3.77. The molecule has 0 radical (unpaired) electrons. The standard InChI is InChI=1S/C17H22N6.ClH/c1-21-9-8-19-17(21)15-11-18-7-10-23(15)12-16-20-13-5-3-4-6-14(13)22(16)2;/h3-6,8-9,15,18H,7,10-12H2,1-2H3;1H. The predicted octanol–water partition coefficient (Wildman–Crippen LogP) is 1.88. The molecule has 0 amide bonds. The van der Waals surface area contributed by atoms with Crippen molar-refractivity contribution in [1.82, 2.24) is 29.3 Å². The number of halogens is 1. The van der Waals surface area contributed by atoms with Gasteiger partial charge in [0.15, 0.2) is 0 Å². The first kappa shape index (κ1) is 17.0. The highest BCUT2D eigenvalue weighted by molar-refractivity contribution is 5.85. The SMILES string of the molecule is Cl.Cn1ccnc1C1CNCCN1Cc1nc2ccccc2n1C. The van der Waals surface area contributed by atoms with Gasteiger partial charge in [0, 0.05) is 46.1 Å². The first-order chi connectivity index (χ1) is 11.2. The van der Waals surface area contributed by atoms with Crippen molar-refractivity contribution < 1.29 is 0 Å².